The van der Waals surface area contributed by atoms with Gasteiger partial charge in [-0.3, -0.25) is 0 Å². The van der Waals surface area contributed by atoms with E-state index in [-0.39, 0.29) is 0 Å². The molecule has 1 aliphatic carbocycles. The van der Waals surface area contributed by atoms with Gasteiger partial charge in [-0.1, -0.05) is 109 Å². The fraction of sp³-hybridized carbons (Fsp3) is 0. The van der Waals surface area contributed by atoms with E-state index in [9.17, 15) is 0 Å². The van der Waals surface area contributed by atoms with Crippen molar-refractivity contribution >= 4 is 64.1 Å². The van der Waals surface area contributed by atoms with E-state index in [0.717, 1.165) is 22.4 Å². The van der Waals surface area contributed by atoms with E-state index >= 15 is 0 Å². The van der Waals surface area contributed by atoms with E-state index in [1.807, 2.05) is 47.7 Å². The molecule has 0 aliphatic heterocycles. The molecule has 1 aliphatic rings. The van der Waals surface area contributed by atoms with Crippen LogP contribution in [0.2, 0.25) is 0 Å². The van der Waals surface area contributed by atoms with E-state index in [1.54, 1.807) is 0 Å². The van der Waals surface area contributed by atoms with E-state index in [4.69, 9.17) is 15.0 Å². The molecule has 11 rings (SSSR count). The van der Waals surface area contributed by atoms with Gasteiger partial charge in [0.2, 0.25) is 0 Å². The van der Waals surface area contributed by atoms with Crippen LogP contribution < -0.4 is 0 Å². The molecule has 10 aromatic rings. The second-order valence-corrected chi connectivity index (χ2v) is 13.5. The summed E-state index contributed by atoms with van der Waals surface area (Å²) in [5, 5.41) is 7.95. The van der Waals surface area contributed by atoms with Gasteiger partial charge in [-0.2, -0.15) is 0 Å². The van der Waals surface area contributed by atoms with Crippen molar-refractivity contribution in [1.82, 2.24) is 19.5 Å². The van der Waals surface area contributed by atoms with Crippen molar-refractivity contribution in [2.24, 2.45) is 0 Å². The maximum absolute atomic E-state index is 5.13. The quantitative estimate of drug-likeness (QED) is 0.195. The summed E-state index contributed by atoms with van der Waals surface area (Å²) in [6, 6.07) is 51.6. The highest BCUT2D eigenvalue weighted by atomic mass is 32.1. The minimum absolute atomic E-state index is 0.643. The molecule has 0 amide bonds. The molecule has 0 saturated carbocycles. The Kier molecular flexibility index (Phi) is 5.23. The summed E-state index contributed by atoms with van der Waals surface area (Å²) in [5.74, 6) is 1.95. The predicted octanol–water partition coefficient (Wildman–Crippen LogP) is 11.5. The Morgan fingerprint density at radius 1 is 0.375 bits per heavy atom. The monoisotopic (exact) mass is 628 g/mol. The molecule has 4 nitrogen and oxygen atoms in total. The lowest BCUT2D eigenvalue weighted by molar-refractivity contribution is 1.06. The molecule has 5 heteroatoms. The number of benzene rings is 7. The van der Waals surface area contributed by atoms with Gasteiger partial charge in [-0.15, -0.1) is 11.3 Å². The first-order valence-electron chi connectivity index (χ1n) is 16.1. The number of aromatic nitrogens is 4. The third-order valence-electron chi connectivity index (χ3n) is 9.77. The van der Waals surface area contributed by atoms with E-state index in [2.05, 4.69) is 114 Å². The summed E-state index contributed by atoms with van der Waals surface area (Å²) in [4.78, 5) is 15.2. The van der Waals surface area contributed by atoms with Crippen LogP contribution in [-0.4, -0.2) is 19.5 Å². The normalized spacial score (nSPS) is 12.2. The number of para-hydroxylation sites is 1. The largest absolute Gasteiger partial charge is 0.308 e. The number of fused-ring (bicyclic) bond motifs is 1. The lowest BCUT2D eigenvalue weighted by Crippen LogP contribution is -2.03. The molecule has 222 valence electrons. The molecule has 0 bridgehead atoms. The van der Waals surface area contributed by atoms with Gasteiger partial charge in [0.25, 0.3) is 0 Å². The SMILES string of the molecule is c1ccc(-c2nc(-c3ccccc3)nc(-c3ccccc3-n3c4cccc5c4c4c6c(ccc7sc8cccc-5c8c76)ccc43)n2)cc1. The van der Waals surface area contributed by atoms with Gasteiger partial charge in [0.1, 0.15) is 0 Å². The van der Waals surface area contributed by atoms with Crippen molar-refractivity contribution in [3.05, 3.63) is 146 Å². The second-order valence-electron chi connectivity index (χ2n) is 12.4. The molecule has 0 spiro atoms. The zero-order valence-corrected chi connectivity index (χ0v) is 26.4. The number of rotatable bonds is 4. The molecule has 0 saturated heterocycles. The van der Waals surface area contributed by atoms with Gasteiger partial charge in [-0.05, 0) is 52.9 Å². The molecule has 3 heterocycles. The van der Waals surface area contributed by atoms with Crippen LogP contribution in [0.4, 0.5) is 0 Å². The van der Waals surface area contributed by atoms with Gasteiger partial charge in [0.15, 0.2) is 17.5 Å². The molecular weight excluding hydrogens is 605 g/mol. The summed E-state index contributed by atoms with van der Waals surface area (Å²) in [6.45, 7) is 0. The summed E-state index contributed by atoms with van der Waals surface area (Å²) >= 11 is 1.89. The summed E-state index contributed by atoms with van der Waals surface area (Å²) < 4.78 is 5.09. The molecule has 0 radical (unpaired) electrons. The molecule has 0 N–H and O–H groups in total. The Hall–Kier alpha value is -6.17. The Balaban J connectivity index is 1.26. The molecule has 7 aromatic carbocycles. The first kappa shape index (κ1) is 26.0. The van der Waals surface area contributed by atoms with Crippen LogP contribution in [0, 0.1) is 0 Å². The van der Waals surface area contributed by atoms with E-state index < -0.39 is 0 Å². The van der Waals surface area contributed by atoms with Crippen molar-refractivity contribution in [2.45, 2.75) is 0 Å². The fourth-order valence-electron chi connectivity index (χ4n) is 7.77. The third-order valence-corrected chi connectivity index (χ3v) is 10.9. The number of nitrogens with zero attached hydrogens (tertiary/aromatic N) is 4. The zero-order chi connectivity index (χ0) is 31.3. The molecule has 3 aromatic heterocycles. The second kappa shape index (κ2) is 9.67. The van der Waals surface area contributed by atoms with Crippen molar-refractivity contribution in [1.29, 1.82) is 0 Å². The first-order chi connectivity index (χ1) is 23.8. The van der Waals surface area contributed by atoms with Gasteiger partial charge in [0, 0.05) is 53.0 Å². The molecule has 0 fully saturated rings. The van der Waals surface area contributed by atoms with Gasteiger partial charge < -0.3 is 4.57 Å². The fourth-order valence-corrected chi connectivity index (χ4v) is 8.91. The topological polar surface area (TPSA) is 43.6 Å². The first-order valence-corrected chi connectivity index (χ1v) is 16.9. The Morgan fingerprint density at radius 2 is 0.958 bits per heavy atom. The number of thiophene rings is 1. The van der Waals surface area contributed by atoms with Crippen LogP contribution in [0.15, 0.2) is 146 Å². The van der Waals surface area contributed by atoms with Crippen LogP contribution in [0.5, 0.6) is 0 Å². The average Bonchev–Trinajstić information content (AvgIpc) is 3.67. The molecular formula is C43H24N4S. The molecule has 48 heavy (non-hydrogen) atoms. The lowest BCUT2D eigenvalue weighted by atomic mass is 9.98. The minimum Gasteiger partial charge on any atom is -0.308 e. The summed E-state index contributed by atoms with van der Waals surface area (Å²) in [5.41, 5.74) is 8.83. The maximum Gasteiger partial charge on any atom is 0.166 e. The Labute approximate surface area is 279 Å². The molecule has 0 unspecified atom stereocenters. The maximum atomic E-state index is 5.13. The predicted molar refractivity (Wildman–Crippen MR) is 200 cm³/mol. The summed E-state index contributed by atoms with van der Waals surface area (Å²) in [6.07, 6.45) is 0. The van der Waals surface area contributed by atoms with E-state index in [0.29, 0.717) is 17.5 Å². The molecule has 0 atom stereocenters. The highest BCUT2D eigenvalue weighted by Gasteiger charge is 2.26. The van der Waals surface area contributed by atoms with Gasteiger partial charge in [0.05, 0.1) is 16.7 Å². The Morgan fingerprint density at radius 3 is 1.73 bits per heavy atom. The van der Waals surface area contributed by atoms with Crippen LogP contribution in [0.1, 0.15) is 0 Å². The standard InChI is InChI=1S/C43H24N4S/c1-3-11-26(12-4-1)41-44-42(27-13-5-2-6-14-27)46-43(45-41)30-15-7-8-18-31(30)47-32-19-9-16-28-29-17-10-20-34-38(29)40-35(48-34)24-22-25-21-23-33(47)39(36(25)40)37(28)32/h1-24H. The van der Waals surface area contributed by atoms with Crippen LogP contribution in [-0.2, 0) is 0 Å². The van der Waals surface area contributed by atoms with E-state index in [1.165, 1.54) is 63.9 Å². The van der Waals surface area contributed by atoms with Crippen molar-refractivity contribution in [3.63, 3.8) is 0 Å². The highest BCUT2D eigenvalue weighted by molar-refractivity contribution is 7.26. The van der Waals surface area contributed by atoms with Gasteiger partial charge >= 0.3 is 0 Å². The number of hydrogen-bond donors (Lipinski definition) is 0. The van der Waals surface area contributed by atoms with Crippen molar-refractivity contribution in [3.8, 4) is 51.0 Å². The van der Waals surface area contributed by atoms with Gasteiger partial charge in [-0.25, -0.2) is 15.0 Å². The average molecular weight is 629 g/mol. The minimum atomic E-state index is 0.643. The van der Waals surface area contributed by atoms with Crippen molar-refractivity contribution < 1.29 is 0 Å². The van der Waals surface area contributed by atoms with Crippen LogP contribution in [0.3, 0.4) is 0 Å². The zero-order valence-electron chi connectivity index (χ0n) is 25.6. The highest BCUT2D eigenvalue weighted by Crippen LogP contribution is 2.52. The lowest BCUT2D eigenvalue weighted by Gasteiger charge is -2.15. The Bertz CT molecular complexity index is 2880. The van der Waals surface area contributed by atoms with Crippen LogP contribution >= 0.6 is 11.3 Å². The summed E-state index contributed by atoms with van der Waals surface area (Å²) in [7, 11) is 0. The van der Waals surface area contributed by atoms with Crippen LogP contribution in [0.25, 0.3) is 104 Å². The third kappa shape index (κ3) is 3.51. The smallest absolute Gasteiger partial charge is 0.166 e. The number of hydrogen-bond acceptors (Lipinski definition) is 4. The van der Waals surface area contributed by atoms with Crippen molar-refractivity contribution in [2.75, 3.05) is 0 Å².